The number of esters is 3. The molecule has 1 unspecified atom stereocenters. The highest BCUT2D eigenvalue weighted by molar-refractivity contribution is 5.71. The second-order valence-electron chi connectivity index (χ2n) is 19.5. The topological polar surface area (TPSA) is 78.9 Å². The minimum absolute atomic E-state index is 0.0810. The summed E-state index contributed by atoms with van der Waals surface area (Å²) >= 11 is 0. The predicted octanol–water partition coefficient (Wildman–Crippen LogP) is 19.8. The van der Waals surface area contributed by atoms with E-state index < -0.39 is 6.10 Å². The van der Waals surface area contributed by atoms with Crippen molar-refractivity contribution in [3.05, 3.63) is 72.9 Å². The first-order chi connectivity index (χ1) is 34.0. The summed E-state index contributed by atoms with van der Waals surface area (Å²) in [5, 5.41) is 0. The molecule has 0 aromatic carbocycles. The summed E-state index contributed by atoms with van der Waals surface area (Å²) in [6, 6.07) is 0. The summed E-state index contributed by atoms with van der Waals surface area (Å²) in [6.45, 7) is 6.47. The number of hydrogen-bond acceptors (Lipinski definition) is 6. The van der Waals surface area contributed by atoms with E-state index in [2.05, 4.69) is 93.7 Å². The van der Waals surface area contributed by atoms with E-state index in [1.54, 1.807) is 0 Å². The fraction of sp³-hybridized carbons (Fsp3) is 0.762. The van der Waals surface area contributed by atoms with Crippen LogP contribution in [0.1, 0.15) is 290 Å². The lowest BCUT2D eigenvalue weighted by molar-refractivity contribution is -0.167. The zero-order valence-electron chi connectivity index (χ0n) is 45.6. The third-order valence-corrected chi connectivity index (χ3v) is 12.6. The lowest BCUT2D eigenvalue weighted by Crippen LogP contribution is -2.30. The zero-order valence-corrected chi connectivity index (χ0v) is 45.6. The maximum atomic E-state index is 12.8. The Hall–Kier alpha value is -3.15. The van der Waals surface area contributed by atoms with Crippen LogP contribution in [0.15, 0.2) is 72.9 Å². The Labute approximate surface area is 427 Å². The summed E-state index contributed by atoms with van der Waals surface area (Å²) in [6.07, 6.45) is 73.3. The van der Waals surface area contributed by atoms with Gasteiger partial charge in [-0.2, -0.15) is 0 Å². The molecular weight excluding hydrogens is 853 g/mol. The van der Waals surface area contributed by atoms with Crippen LogP contribution in [0.5, 0.6) is 0 Å². The van der Waals surface area contributed by atoms with Gasteiger partial charge in [0.15, 0.2) is 6.10 Å². The smallest absolute Gasteiger partial charge is 0.306 e. The van der Waals surface area contributed by atoms with Gasteiger partial charge < -0.3 is 14.2 Å². The molecule has 6 nitrogen and oxygen atoms in total. The van der Waals surface area contributed by atoms with Gasteiger partial charge in [-0.3, -0.25) is 14.4 Å². The lowest BCUT2D eigenvalue weighted by Gasteiger charge is -2.18. The van der Waals surface area contributed by atoms with E-state index >= 15 is 0 Å². The molecule has 1 atom stereocenters. The lowest BCUT2D eigenvalue weighted by atomic mass is 10.0. The second-order valence-corrected chi connectivity index (χ2v) is 19.5. The maximum Gasteiger partial charge on any atom is 0.306 e. The first kappa shape index (κ1) is 65.8. The van der Waals surface area contributed by atoms with E-state index in [1.807, 2.05) is 0 Å². The molecule has 0 radical (unpaired) electrons. The first-order valence-electron chi connectivity index (χ1n) is 29.4. The standard InChI is InChI=1S/C63H110O6/c1-4-7-10-13-16-19-22-24-26-28-29-30-31-32-33-34-35-36-38-39-41-44-47-50-53-56-62(65)68-59-60(58-67-61(64)55-52-49-46-43-21-18-15-12-9-6-3)69-63(66)57-54-51-48-45-42-40-37-27-25-23-20-17-14-11-8-5-2/h7,10,12,15-16,19,24,26-27,29-30,37,60H,4-6,8-9,11,13-14,17-18,20-23,25,28,31-36,38-59H2,1-3H3/b10-7-,15-12-,19-16-,26-24-,30-29-,37-27-. The summed E-state index contributed by atoms with van der Waals surface area (Å²) in [7, 11) is 0. The molecular formula is C63H110O6. The fourth-order valence-electron chi connectivity index (χ4n) is 8.26. The number of unbranched alkanes of at least 4 members (excludes halogenated alkanes) is 30. The van der Waals surface area contributed by atoms with Crippen molar-refractivity contribution < 1.29 is 28.6 Å². The van der Waals surface area contributed by atoms with Crippen LogP contribution in [0.25, 0.3) is 0 Å². The highest BCUT2D eigenvalue weighted by Gasteiger charge is 2.19. The Balaban J connectivity index is 4.24. The summed E-state index contributed by atoms with van der Waals surface area (Å²) < 4.78 is 16.8. The van der Waals surface area contributed by atoms with Crippen LogP contribution in [0.2, 0.25) is 0 Å². The molecule has 0 amide bonds. The van der Waals surface area contributed by atoms with Gasteiger partial charge in [0, 0.05) is 19.3 Å². The van der Waals surface area contributed by atoms with E-state index in [-0.39, 0.29) is 31.1 Å². The third-order valence-electron chi connectivity index (χ3n) is 12.6. The molecule has 0 aromatic heterocycles. The van der Waals surface area contributed by atoms with Crippen LogP contribution in [0.3, 0.4) is 0 Å². The molecule has 0 aliphatic heterocycles. The van der Waals surface area contributed by atoms with Gasteiger partial charge in [-0.05, 0) is 103 Å². The maximum absolute atomic E-state index is 12.8. The zero-order chi connectivity index (χ0) is 50.0. The normalized spacial score (nSPS) is 12.6. The Bertz CT molecular complexity index is 1290. The molecule has 0 N–H and O–H groups in total. The monoisotopic (exact) mass is 963 g/mol. The van der Waals surface area contributed by atoms with Crippen LogP contribution in [-0.2, 0) is 28.6 Å². The SMILES string of the molecule is CC/C=C\C/C=C\C/C=C\C/C=C\CCCCCCCCCCCCCCC(=O)OCC(COC(=O)CCCCCCC/C=C\CCC)OC(=O)CCCCCCC/C=C\CCCCCCCCC. The van der Waals surface area contributed by atoms with Gasteiger partial charge in [0.2, 0.25) is 0 Å². The summed E-state index contributed by atoms with van der Waals surface area (Å²) in [5.74, 6) is -0.894. The number of ether oxygens (including phenoxy) is 3. The molecule has 0 bridgehead atoms. The Morgan fingerprint density at radius 2 is 0.594 bits per heavy atom. The third kappa shape index (κ3) is 55.6. The van der Waals surface area contributed by atoms with Crippen LogP contribution in [0, 0.1) is 0 Å². The Kier molecular flexibility index (Phi) is 54.8. The van der Waals surface area contributed by atoms with Gasteiger partial charge >= 0.3 is 17.9 Å². The van der Waals surface area contributed by atoms with Gasteiger partial charge in [0.05, 0.1) is 0 Å². The molecule has 0 rings (SSSR count). The number of hydrogen-bond donors (Lipinski definition) is 0. The van der Waals surface area contributed by atoms with Crippen molar-refractivity contribution in [2.75, 3.05) is 13.2 Å². The number of carbonyl (C=O) groups is 3. The van der Waals surface area contributed by atoms with Crippen molar-refractivity contribution in [3.63, 3.8) is 0 Å². The number of allylic oxidation sites excluding steroid dienone is 12. The minimum atomic E-state index is -0.782. The van der Waals surface area contributed by atoms with E-state index in [4.69, 9.17) is 14.2 Å². The van der Waals surface area contributed by atoms with Crippen molar-refractivity contribution in [3.8, 4) is 0 Å². The van der Waals surface area contributed by atoms with Gasteiger partial charge in [-0.15, -0.1) is 0 Å². The Morgan fingerprint density at radius 3 is 0.957 bits per heavy atom. The number of carbonyl (C=O) groups excluding carboxylic acids is 3. The first-order valence-corrected chi connectivity index (χ1v) is 29.4. The van der Waals surface area contributed by atoms with E-state index in [1.165, 1.54) is 141 Å². The van der Waals surface area contributed by atoms with Gasteiger partial charge in [-0.1, -0.05) is 241 Å². The van der Waals surface area contributed by atoms with Crippen molar-refractivity contribution in [2.24, 2.45) is 0 Å². The summed E-state index contributed by atoms with van der Waals surface area (Å²) in [5.41, 5.74) is 0. The quantitative estimate of drug-likeness (QED) is 0.0262. The molecule has 0 heterocycles. The van der Waals surface area contributed by atoms with Crippen molar-refractivity contribution >= 4 is 17.9 Å². The van der Waals surface area contributed by atoms with Crippen LogP contribution in [-0.4, -0.2) is 37.2 Å². The van der Waals surface area contributed by atoms with Crippen LogP contribution in [0.4, 0.5) is 0 Å². The van der Waals surface area contributed by atoms with E-state index in [9.17, 15) is 14.4 Å². The minimum Gasteiger partial charge on any atom is -0.462 e. The summed E-state index contributed by atoms with van der Waals surface area (Å²) in [4.78, 5) is 38.1. The average molecular weight is 964 g/mol. The molecule has 0 aliphatic carbocycles. The largest absolute Gasteiger partial charge is 0.462 e. The van der Waals surface area contributed by atoms with Crippen molar-refractivity contribution in [1.82, 2.24) is 0 Å². The van der Waals surface area contributed by atoms with Gasteiger partial charge in [-0.25, -0.2) is 0 Å². The van der Waals surface area contributed by atoms with Crippen LogP contribution < -0.4 is 0 Å². The molecule has 69 heavy (non-hydrogen) atoms. The highest BCUT2D eigenvalue weighted by atomic mass is 16.6. The molecule has 0 aromatic rings. The average Bonchev–Trinajstić information content (AvgIpc) is 3.35. The Morgan fingerprint density at radius 1 is 0.304 bits per heavy atom. The van der Waals surface area contributed by atoms with Crippen molar-refractivity contribution in [2.45, 2.75) is 297 Å². The molecule has 6 heteroatoms. The molecule has 0 saturated carbocycles. The fourth-order valence-corrected chi connectivity index (χ4v) is 8.26. The molecule has 0 saturated heterocycles. The van der Waals surface area contributed by atoms with E-state index in [0.29, 0.717) is 19.3 Å². The van der Waals surface area contributed by atoms with Gasteiger partial charge in [0.1, 0.15) is 13.2 Å². The van der Waals surface area contributed by atoms with Crippen LogP contribution >= 0.6 is 0 Å². The van der Waals surface area contributed by atoms with E-state index in [0.717, 1.165) is 109 Å². The van der Waals surface area contributed by atoms with Gasteiger partial charge in [0.25, 0.3) is 0 Å². The molecule has 0 fully saturated rings. The molecule has 0 spiro atoms. The number of rotatable bonds is 53. The van der Waals surface area contributed by atoms with Crippen molar-refractivity contribution in [1.29, 1.82) is 0 Å². The molecule has 0 aliphatic rings. The predicted molar refractivity (Wildman–Crippen MR) is 298 cm³/mol. The second kappa shape index (κ2) is 57.4. The highest BCUT2D eigenvalue weighted by Crippen LogP contribution is 2.16. The molecule has 398 valence electrons.